The monoisotopic (exact) mass is 365 g/mol. The molecular formula is C16H19N3O5S. The molecule has 134 valence electrons. The summed E-state index contributed by atoms with van der Waals surface area (Å²) in [7, 11) is -3.81. The molecule has 9 heteroatoms. The molecule has 25 heavy (non-hydrogen) atoms. The van der Waals surface area contributed by atoms with Gasteiger partial charge in [-0.25, -0.2) is 13.4 Å². The molecule has 0 spiro atoms. The number of nitrogens with zero attached hydrogens (tertiary/aromatic N) is 3. The minimum absolute atomic E-state index is 0.0147. The molecule has 2 aliphatic rings. The minimum atomic E-state index is -3.81. The van der Waals surface area contributed by atoms with Gasteiger partial charge in [-0.3, -0.25) is 4.79 Å². The smallest absolute Gasteiger partial charge is 0.307 e. The van der Waals surface area contributed by atoms with Gasteiger partial charge in [-0.15, -0.1) is 0 Å². The highest BCUT2D eigenvalue weighted by molar-refractivity contribution is 7.89. The summed E-state index contributed by atoms with van der Waals surface area (Å²) in [6.45, 7) is 2.16. The van der Waals surface area contributed by atoms with Gasteiger partial charge in [0.2, 0.25) is 10.0 Å². The Kier molecular flexibility index (Phi) is 3.80. The zero-order chi connectivity index (χ0) is 17.8. The van der Waals surface area contributed by atoms with Gasteiger partial charge < -0.3 is 9.63 Å². The van der Waals surface area contributed by atoms with Crippen molar-refractivity contribution in [3.63, 3.8) is 0 Å². The summed E-state index contributed by atoms with van der Waals surface area (Å²) in [5.41, 5.74) is 1.09. The van der Waals surface area contributed by atoms with E-state index in [2.05, 4.69) is 10.1 Å². The van der Waals surface area contributed by atoms with Crippen LogP contribution in [0.1, 0.15) is 37.8 Å². The van der Waals surface area contributed by atoms with Crippen LogP contribution in [0.5, 0.6) is 0 Å². The van der Waals surface area contributed by atoms with Gasteiger partial charge in [0.25, 0.3) is 5.71 Å². The van der Waals surface area contributed by atoms with Crippen molar-refractivity contribution in [2.24, 2.45) is 11.8 Å². The maximum atomic E-state index is 13.0. The Morgan fingerprint density at radius 2 is 2.12 bits per heavy atom. The molecule has 2 atom stereocenters. The van der Waals surface area contributed by atoms with E-state index in [0.717, 1.165) is 18.5 Å². The third-order valence-electron chi connectivity index (χ3n) is 4.91. The fourth-order valence-electron chi connectivity index (χ4n) is 3.45. The van der Waals surface area contributed by atoms with Crippen molar-refractivity contribution in [3.8, 4) is 0 Å². The molecule has 1 saturated heterocycles. The molecule has 4 rings (SSSR count). The van der Waals surface area contributed by atoms with Crippen LogP contribution >= 0.6 is 0 Å². The highest BCUT2D eigenvalue weighted by Crippen LogP contribution is 2.42. The second-order valence-electron chi connectivity index (χ2n) is 7.06. The van der Waals surface area contributed by atoms with E-state index in [1.54, 1.807) is 6.07 Å². The molecule has 1 N–H and O–H groups in total. The van der Waals surface area contributed by atoms with Gasteiger partial charge >= 0.3 is 5.97 Å². The third-order valence-corrected chi connectivity index (χ3v) is 6.71. The van der Waals surface area contributed by atoms with E-state index in [9.17, 15) is 18.3 Å². The third kappa shape index (κ3) is 2.91. The SMILES string of the molecule is CC1CC(C(=O)O)CN(S(=O)(=O)c2cnc3onc(C4CC4)c3c2)C1. The quantitative estimate of drug-likeness (QED) is 0.879. The number of pyridine rings is 1. The predicted molar refractivity (Wildman–Crippen MR) is 87.4 cm³/mol. The van der Waals surface area contributed by atoms with Crippen LogP contribution in [-0.2, 0) is 14.8 Å². The highest BCUT2D eigenvalue weighted by atomic mass is 32.2. The zero-order valence-electron chi connectivity index (χ0n) is 13.8. The van der Waals surface area contributed by atoms with Crippen molar-refractivity contribution in [2.75, 3.05) is 13.1 Å². The van der Waals surface area contributed by atoms with Crippen LogP contribution in [0.3, 0.4) is 0 Å². The summed E-state index contributed by atoms with van der Waals surface area (Å²) >= 11 is 0. The normalized spacial score (nSPS) is 25.3. The van der Waals surface area contributed by atoms with Gasteiger partial charge in [-0.2, -0.15) is 4.31 Å². The number of fused-ring (bicyclic) bond motifs is 1. The van der Waals surface area contributed by atoms with Crippen molar-refractivity contribution in [1.29, 1.82) is 0 Å². The molecule has 1 aliphatic carbocycles. The second kappa shape index (κ2) is 5.77. The molecule has 2 unspecified atom stereocenters. The molecule has 1 aliphatic heterocycles. The first-order valence-corrected chi connectivity index (χ1v) is 9.78. The summed E-state index contributed by atoms with van der Waals surface area (Å²) in [4.78, 5) is 15.5. The molecular weight excluding hydrogens is 346 g/mol. The Morgan fingerprint density at radius 3 is 2.80 bits per heavy atom. The number of aliphatic carboxylic acids is 1. The van der Waals surface area contributed by atoms with Crippen LogP contribution in [0, 0.1) is 11.8 Å². The van der Waals surface area contributed by atoms with Gasteiger partial charge in [-0.1, -0.05) is 12.1 Å². The van der Waals surface area contributed by atoms with Crippen molar-refractivity contribution in [3.05, 3.63) is 18.0 Å². The van der Waals surface area contributed by atoms with Crippen LogP contribution in [0.4, 0.5) is 0 Å². The predicted octanol–water partition coefficient (Wildman–Crippen LogP) is 1.83. The summed E-state index contributed by atoms with van der Waals surface area (Å²) in [5.74, 6) is -1.35. The van der Waals surface area contributed by atoms with Gasteiger partial charge in [-0.05, 0) is 31.2 Å². The van der Waals surface area contributed by atoms with Crippen molar-refractivity contribution >= 4 is 27.1 Å². The van der Waals surface area contributed by atoms with E-state index in [4.69, 9.17) is 4.52 Å². The van der Waals surface area contributed by atoms with Gasteiger partial charge in [0.05, 0.1) is 23.2 Å². The number of rotatable bonds is 4. The summed E-state index contributed by atoms with van der Waals surface area (Å²) < 4.78 is 32.4. The largest absolute Gasteiger partial charge is 0.481 e. The van der Waals surface area contributed by atoms with E-state index in [-0.39, 0.29) is 17.4 Å². The number of hydrogen-bond donors (Lipinski definition) is 1. The Balaban J connectivity index is 1.70. The molecule has 1 saturated carbocycles. The molecule has 3 heterocycles. The fraction of sp³-hybridized carbons (Fsp3) is 0.562. The molecule has 0 amide bonds. The lowest BCUT2D eigenvalue weighted by Gasteiger charge is -2.33. The molecule has 0 radical (unpaired) electrons. The second-order valence-corrected chi connectivity index (χ2v) is 9.00. The topological polar surface area (TPSA) is 114 Å². The lowest BCUT2D eigenvalue weighted by atomic mass is 9.92. The summed E-state index contributed by atoms with van der Waals surface area (Å²) in [5, 5.41) is 13.9. The van der Waals surface area contributed by atoms with E-state index < -0.39 is 21.9 Å². The van der Waals surface area contributed by atoms with Crippen LogP contribution in [0.2, 0.25) is 0 Å². The Labute approximate surface area is 144 Å². The van der Waals surface area contributed by atoms with E-state index in [1.807, 2.05) is 6.92 Å². The molecule has 2 aromatic rings. The van der Waals surface area contributed by atoms with E-state index in [1.165, 1.54) is 10.5 Å². The maximum absolute atomic E-state index is 13.0. The highest BCUT2D eigenvalue weighted by Gasteiger charge is 2.37. The number of carboxylic acids is 1. The Hall–Kier alpha value is -2.00. The average Bonchev–Trinajstić information content (AvgIpc) is 3.33. The van der Waals surface area contributed by atoms with Gasteiger partial charge in [0.15, 0.2) is 0 Å². The number of carboxylic acid groups (broad SMARTS) is 1. The van der Waals surface area contributed by atoms with Crippen molar-refractivity contribution in [2.45, 2.75) is 37.0 Å². The van der Waals surface area contributed by atoms with Crippen LogP contribution in [0.15, 0.2) is 21.7 Å². The minimum Gasteiger partial charge on any atom is -0.481 e. The average molecular weight is 365 g/mol. The zero-order valence-corrected chi connectivity index (χ0v) is 14.6. The lowest BCUT2D eigenvalue weighted by Crippen LogP contribution is -2.45. The number of aromatic nitrogens is 2. The fourth-order valence-corrected chi connectivity index (χ4v) is 5.03. The number of carbonyl (C=O) groups is 1. The van der Waals surface area contributed by atoms with Gasteiger partial charge in [0.1, 0.15) is 4.90 Å². The lowest BCUT2D eigenvalue weighted by molar-refractivity contribution is -0.143. The first-order chi connectivity index (χ1) is 11.9. The Bertz CT molecular complexity index is 934. The number of sulfonamides is 1. The molecule has 0 aromatic carbocycles. The maximum Gasteiger partial charge on any atom is 0.307 e. The van der Waals surface area contributed by atoms with E-state index >= 15 is 0 Å². The first-order valence-electron chi connectivity index (χ1n) is 8.34. The van der Waals surface area contributed by atoms with Crippen LogP contribution < -0.4 is 0 Å². The van der Waals surface area contributed by atoms with Crippen molar-refractivity contribution in [1.82, 2.24) is 14.4 Å². The number of hydrogen-bond acceptors (Lipinski definition) is 6. The molecule has 8 nitrogen and oxygen atoms in total. The van der Waals surface area contributed by atoms with E-state index in [0.29, 0.717) is 30.0 Å². The molecule has 0 bridgehead atoms. The standard InChI is InChI=1S/C16H19N3O5S/c1-9-4-11(16(20)21)8-19(7-9)25(22,23)12-5-13-14(10-2-3-10)18-24-15(13)17-6-12/h5-6,9-11H,2-4,7-8H2,1H3,(H,20,21). The van der Waals surface area contributed by atoms with Crippen LogP contribution in [0.25, 0.3) is 11.1 Å². The first kappa shape index (κ1) is 16.5. The molecule has 2 aromatic heterocycles. The summed E-state index contributed by atoms with van der Waals surface area (Å²) in [6.07, 6.45) is 3.77. The molecule has 2 fully saturated rings. The van der Waals surface area contributed by atoms with Gasteiger partial charge in [0, 0.05) is 19.0 Å². The Morgan fingerprint density at radius 1 is 1.36 bits per heavy atom. The van der Waals surface area contributed by atoms with Crippen LogP contribution in [-0.4, -0.2) is 47.0 Å². The number of piperidine rings is 1. The van der Waals surface area contributed by atoms with Crippen molar-refractivity contribution < 1.29 is 22.8 Å². The summed E-state index contributed by atoms with van der Waals surface area (Å²) in [6, 6.07) is 1.55.